The molecule has 1 aliphatic heterocycles. The summed E-state index contributed by atoms with van der Waals surface area (Å²) in [6.45, 7) is 5.65. The van der Waals surface area contributed by atoms with Gasteiger partial charge in [-0.3, -0.25) is 9.80 Å². The van der Waals surface area contributed by atoms with Crippen LogP contribution in [0.4, 0.5) is 4.39 Å². The highest BCUT2D eigenvalue weighted by Gasteiger charge is 2.26. The molecule has 0 bridgehead atoms. The minimum atomic E-state index is -0.128. The molecule has 30 heavy (non-hydrogen) atoms. The van der Waals surface area contributed by atoms with Gasteiger partial charge in [0.2, 0.25) is 0 Å². The zero-order valence-electron chi connectivity index (χ0n) is 17.4. The number of rotatable bonds is 4. The second-order valence-corrected chi connectivity index (χ2v) is 8.60. The van der Waals surface area contributed by atoms with Gasteiger partial charge < -0.3 is 0 Å². The van der Waals surface area contributed by atoms with Crippen LogP contribution in [-0.4, -0.2) is 42.0 Å². The summed E-state index contributed by atoms with van der Waals surface area (Å²) in [5.74, 6) is -0.128. The van der Waals surface area contributed by atoms with E-state index in [2.05, 4.69) is 46.2 Å². The highest BCUT2D eigenvalue weighted by molar-refractivity contribution is 5.94. The second kappa shape index (κ2) is 8.71. The van der Waals surface area contributed by atoms with Gasteiger partial charge in [0.15, 0.2) is 0 Å². The van der Waals surface area contributed by atoms with Crippen LogP contribution in [0.15, 0.2) is 72.8 Å². The average molecular weight is 401 g/mol. The Bertz CT molecular complexity index is 1040. The largest absolute Gasteiger partial charge is 0.298 e. The molecule has 1 unspecified atom stereocenters. The van der Waals surface area contributed by atoms with Crippen LogP contribution in [-0.2, 0) is 6.54 Å². The molecule has 3 heteroatoms. The van der Waals surface area contributed by atoms with Crippen molar-refractivity contribution >= 4 is 16.3 Å². The molecule has 1 fully saturated rings. The Balaban J connectivity index is 1.22. The Kier molecular flexibility index (Phi) is 5.65. The molecule has 0 aromatic heterocycles. The van der Waals surface area contributed by atoms with Gasteiger partial charge in [0.1, 0.15) is 5.82 Å². The molecule has 3 aromatic rings. The first kappa shape index (κ1) is 19.5. The van der Waals surface area contributed by atoms with Crippen molar-refractivity contribution in [2.24, 2.45) is 0 Å². The normalized spacial score (nSPS) is 21.0. The Hall–Kier alpha value is -2.49. The van der Waals surface area contributed by atoms with Crippen LogP contribution >= 0.6 is 0 Å². The Labute approximate surface area is 178 Å². The monoisotopic (exact) mass is 400 g/mol. The van der Waals surface area contributed by atoms with Crippen molar-refractivity contribution in [1.82, 2.24) is 9.80 Å². The number of hydrogen-bond donors (Lipinski definition) is 0. The molecule has 0 radical (unpaired) electrons. The number of hydrogen-bond acceptors (Lipinski definition) is 2. The third-order valence-corrected chi connectivity index (χ3v) is 6.77. The summed E-state index contributed by atoms with van der Waals surface area (Å²) < 4.78 is 14.2. The molecule has 3 aromatic carbocycles. The van der Waals surface area contributed by atoms with Crippen LogP contribution in [0.1, 0.15) is 30.4 Å². The van der Waals surface area contributed by atoms with E-state index in [4.69, 9.17) is 0 Å². The molecule has 1 atom stereocenters. The lowest BCUT2D eigenvalue weighted by molar-refractivity contribution is 0.0881. The van der Waals surface area contributed by atoms with Crippen LogP contribution in [0, 0.1) is 5.82 Å². The van der Waals surface area contributed by atoms with E-state index in [0.717, 1.165) is 56.3 Å². The molecular formula is C27H29FN2. The van der Waals surface area contributed by atoms with Crippen molar-refractivity contribution in [3.05, 3.63) is 89.8 Å². The van der Waals surface area contributed by atoms with Crippen molar-refractivity contribution in [3.63, 3.8) is 0 Å². The number of fused-ring (bicyclic) bond motifs is 1. The summed E-state index contributed by atoms with van der Waals surface area (Å²) >= 11 is 0. The Morgan fingerprint density at radius 1 is 0.800 bits per heavy atom. The first-order chi connectivity index (χ1) is 14.8. The summed E-state index contributed by atoms with van der Waals surface area (Å²) in [6.07, 6.45) is 5.77. The van der Waals surface area contributed by atoms with E-state index in [9.17, 15) is 4.39 Å². The SMILES string of the molecule is Fc1ccc(C2=CCC(N3CCN(Cc4ccccc4)CC3)CC2)c2ccccc12. The molecule has 0 N–H and O–H groups in total. The summed E-state index contributed by atoms with van der Waals surface area (Å²) in [6, 6.07) is 22.9. The molecule has 0 saturated carbocycles. The summed E-state index contributed by atoms with van der Waals surface area (Å²) in [5, 5.41) is 1.77. The number of nitrogens with zero attached hydrogens (tertiary/aromatic N) is 2. The average Bonchev–Trinajstić information content (AvgIpc) is 2.81. The Morgan fingerprint density at radius 2 is 1.53 bits per heavy atom. The number of piperazine rings is 1. The van der Waals surface area contributed by atoms with Crippen LogP contribution in [0.25, 0.3) is 16.3 Å². The predicted octanol–water partition coefficient (Wildman–Crippen LogP) is 5.73. The lowest BCUT2D eigenvalue weighted by Gasteiger charge is -2.40. The van der Waals surface area contributed by atoms with E-state index >= 15 is 0 Å². The fraction of sp³-hybridized carbons (Fsp3) is 0.333. The van der Waals surface area contributed by atoms with Crippen molar-refractivity contribution in [3.8, 4) is 0 Å². The molecule has 2 nitrogen and oxygen atoms in total. The smallest absolute Gasteiger partial charge is 0.131 e. The van der Waals surface area contributed by atoms with Crippen molar-refractivity contribution in [1.29, 1.82) is 0 Å². The minimum absolute atomic E-state index is 0.128. The molecule has 5 rings (SSSR count). The third kappa shape index (κ3) is 4.05. The topological polar surface area (TPSA) is 6.48 Å². The van der Waals surface area contributed by atoms with Crippen LogP contribution in [0.5, 0.6) is 0 Å². The Morgan fingerprint density at radius 3 is 2.27 bits per heavy atom. The lowest BCUT2D eigenvalue weighted by Crippen LogP contribution is -2.50. The first-order valence-electron chi connectivity index (χ1n) is 11.1. The van der Waals surface area contributed by atoms with Crippen LogP contribution < -0.4 is 0 Å². The minimum Gasteiger partial charge on any atom is -0.298 e. The fourth-order valence-corrected chi connectivity index (χ4v) is 5.07. The van der Waals surface area contributed by atoms with Crippen molar-refractivity contribution in [2.75, 3.05) is 26.2 Å². The van der Waals surface area contributed by atoms with E-state index in [-0.39, 0.29) is 5.82 Å². The number of allylic oxidation sites excluding steroid dienone is 1. The zero-order valence-corrected chi connectivity index (χ0v) is 17.4. The van der Waals surface area contributed by atoms with Gasteiger partial charge in [0.25, 0.3) is 0 Å². The molecule has 1 aliphatic carbocycles. The van der Waals surface area contributed by atoms with E-state index in [1.54, 1.807) is 6.07 Å². The van der Waals surface area contributed by atoms with Gasteiger partial charge in [-0.1, -0.05) is 66.7 Å². The van der Waals surface area contributed by atoms with Crippen molar-refractivity contribution < 1.29 is 4.39 Å². The van der Waals surface area contributed by atoms with Gasteiger partial charge in [0.05, 0.1) is 0 Å². The van der Waals surface area contributed by atoms with Gasteiger partial charge in [-0.05, 0) is 47.4 Å². The van der Waals surface area contributed by atoms with E-state index in [1.807, 2.05) is 30.3 Å². The van der Waals surface area contributed by atoms with Gasteiger partial charge in [0, 0.05) is 44.2 Å². The van der Waals surface area contributed by atoms with Crippen molar-refractivity contribution in [2.45, 2.75) is 31.8 Å². The second-order valence-electron chi connectivity index (χ2n) is 8.60. The number of benzene rings is 3. The standard InChI is InChI=1S/C27H29FN2/c28-27-15-14-24(25-8-4-5-9-26(25)27)22-10-12-23(13-11-22)30-18-16-29(17-19-30)20-21-6-2-1-3-7-21/h1-10,14-15,23H,11-13,16-20H2. The van der Waals surface area contributed by atoms with Gasteiger partial charge >= 0.3 is 0 Å². The quantitative estimate of drug-likeness (QED) is 0.552. The first-order valence-corrected chi connectivity index (χ1v) is 11.1. The molecule has 0 amide bonds. The third-order valence-electron chi connectivity index (χ3n) is 6.77. The van der Waals surface area contributed by atoms with E-state index in [0.29, 0.717) is 6.04 Å². The molecule has 1 saturated heterocycles. The molecule has 0 spiro atoms. The maximum Gasteiger partial charge on any atom is 0.131 e. The highest BCUT2D eigenvalue weighted by atomic mass is 19.1. The van der Waals surface area contributed by atoms with Crippen LogP contribution in [0.3, 0.4) is 0 Å². The number of halogens is 1. The van der Waals surface area contributed by atoms with Crippen LogP contribution in [0.2, 0.25) is 0 Å². The summed E-state index contributed by atoms with van der Waals surface area (Å²) in [7, 11) is 0. The van der Waals surface area contributed by atoms with E-state index in [1.165, 1.54) is 23.1 Å². The molecule has 154 valence electrons. The summed E-state index contributed by atoms with van der Waals surface area (Å²) in [4.78, 5) is 5.25. The maximum atomic E-state index is 14.2. The summed E-state index contributed by atoms with van der Waals surface area (Å²) in [5.41, 5.74) is 3.99. The molecule has 2 aliphatic rings. The van der Waals surface area contributed by atoms with E-state index < -0.39 is 0 Å². The molecule has 1 heterocycles. The zero-order chi connectivity index (χ0) is 20.3. The lowest BCUT2D eigenvalue weighted by atomic mass is 9.87. The highest BCUT2D eigenvalue weighted by Crippen LogP contribution is 2.34. The maximum absolute atomic E-state index is 14.2. The van der Waals surface area contributed by atoms with Gasteiger partial charge in [-0.2, -0.15) is 0 Å². The molecular weight excluding hydrogens is 371 g/mol. The van der Waals surface area contributed by atoms with Gasteiger partial charge in [-0.25, -0.2) is 4.39 Å². The fourth-order valence-electron chi connectivity index (χ4n) is 5.07. The van der Waals surface area contributed by atoms with Gasteiger partial charge in [-0.15, -0.1) is 0 Å². The predicted molar refractivity (Wildman–Crippen MR) is 123 cm³/mol.